The van der Waals surface area contributed by atoms with E-state index in [0.717, 1.165) is 67.5 Å². The number of rotatable bonds is 10. The first-order chi connectivity index (χ1) is 20.4. The van der Waals surface area contributed by atoms with Crippen LogP contribution < -0.4 is 9.64 Å². The van der Waals surface area contributed by atoms with Gasteiger partial charge < -0.3 is 14.4 Å². The van der Waals surface area contributed by atoms with Crippen LogP contribution in [0.3, 0.4) is 0 Å². The van der Waals surface area contributed by atoms with Crippen LogP contribution in [0, 0.1) is 17.2 Å². The third-order valence-corrected chi connectivity index (χ3v) is 10.2. The van der Waals surface area contributed by atoms with E-state index in [4.69, 9.17) is 14.5 Å². The lowest BCUT2D eigenvalue weighted by molar-refractivity contribution is -0.0555. The van der Waals surface area contributed by atoms with E-state index in [1.807, 2.05) is 25.6 Å². The van der Waals surface area contributed by atoms with Gasteiger partial charge in [0, 0.05) is 87.9 Å². The Labute approximate surface area is 248 Å². The zero-order valence-electron chi connectivity index (χ0n) is 25.2. The van der Waals surface area contributed by atoms with Crippen molar-refractivity contribution >= 4 is 11.3 Å². The standard InChI is InChI=1S/C32H42N8O2/c1-21(2)30(41-4)20-39-26-10-27(39)18-38(17-26)31-6-5-22(13-34-31)29-11-28(19-40-32(29)23(12-33)14-35-40)42-8-7-37-15-24-9-25(16-37)36(24)3/h5-6,11,13-14,19,21,24-27,30H,7-10,15-18,20H2,1-4H3. The maximum Gasteiger partial charge on any atom is 0.138 e. The number of aromatic nitrogens is 3. The molecule has 222 valence electrons. The fourth-order valence-electron chi connectivity index (χ4n) is 7.51. The summed E-state index contributed by atoms with van der Waals surface area (Å²) in [6.45, 7) is 11.2. The van der Waals surface area contributed by atoms with Crippen LogP contribution in [-0.4, -0.2) is 120 Å². The van der Waals surface area contributed by atoms with E-state index in [-0.39, 0.29) is 6.10 Å². The van der Waals surface area contributed by atoms with Crippen LogP contribution in [0.2, 0.25) is 0 Å². The van der Waals surface area contributed by atoms with E-state index >= 15 is 0 Å². The second kappa shape index (κ2) is 11.1. The van der Waals surface area contributed by atoms with Crippen molar-refractivity contribution in [2.45, 2.75) is 57.0 Å². The molecule has 6 aliphatic rings. The molecule has 10 nitrogen and oxygen atoms in total. The number of pyridine rings is 2. The van der Waals surface area contributed by atoms with Gasteiger partial charge in [0.25, 0.3) is 0 Å². The minimum atomic E-state index is 0.273. The molecule has 0 aromatic carbocycles. The van der Waals surface area contributed by atoms with Crippen molar-refractivity contribution in [1.82, 2.24) is 29.3 Å². The van der Waals surface area contributed by atoms with Crippen molar-refractivity contribution in [1.29, 1.82) is 5.26 Å². The summed E-state index contributed by atoms with van der Waals surface area (Å²) in [5, 5.41) is 14.2. The molecule has 9 rings (SSSR count). The van der Waals surface area contributed by atoms with E-state index in [0.29, 0.717) is 42.3 Å². The molecule has 5 atom stereocenters. The molecule has 0 saturated carbocycles. The Hall–Kier alpha value is -3.23. The molecule has 6 saturated heterocycles. The van der Waals surface area contributed by atoms with Crippen molar-refractivity contribution < 1.29 is 9.47 Å². The highest BCUT2D eigenvalue weighted by molar-refractivity contribution is 5.85. The van der Waals surface area contributed by atoms with E-state index < -0.39 is 0 Å². The first-order valence-corrected chi connectivity index (χ1v) is 15.4. The molecule has 6 fully saturated rings. The zero-order chi connectivity index (χ0) is 29.0. The topological polar surface area (TPSA) is 85.4 Å². The van der Waals surface area contributed by atoms with Crippen molar-refractivity contribution in [2.24, 2.45) is 5.92 Å². The SMILES string of the molecule is COC(CN1C2CC1CN(c1ccc(-c3cc(OCCN4CC5CC(C4)N5C)cn4ncc(C#N)c34)cn1)C2)C(C)C. The molecule has 4 bridgehead atoms. The molecular formula is C32H42N8O2. The van der Waals surface area contributed by atoms with Crippen LogP contribution in [0.25, 0.3) is 16.6 Å². The highest BCUT2D eigenvalue weighted by atomic mass is 16.5. The molecule has 5 unspecified atom stereocenters. The summed E-state index contributed by atoms with van der Waals surface area (Å²) in [5.74, 6) is 2.26. The maximum absolute atomic E-state index is 9.78. The van der Waals surface area contributed by atoms with Crippen molar-refractivity contribution in [3.8, 4) is 22.9 Å². The predicted molar refractivity (Wildman–Crippen MR) is 162 cm³/mol. The average Bonchev–Trinajstić information content (AvgIpc) is 3.44. The largest absolute Gasteiger partial charge is 0.491 e. The molecule has 0 radical (unpaired) electrons. The maximum atomic E-state index is 9.78. The second-order valence-corrected chi connectivity index (χ2v) is 12.9. The van der Waals surface area contributed by atoms with Crippen molar-refractivity contribution in [3.05, 3.63) is 42.4 Å². The van der Waals surface area contributed by atoms with Gasteiger partial charge in [-0.05, 0) is 44.0 Å². The fourth-order valence-corrected chi connectivity index (χ4v) is 7.51. The third-order valence-electron chi connectivity index (χ3n) is 10.2. The van der Waals surface area contributed by atoms with Gasteiger partial charge in [0.15, 0.2) is 0 Å². The highest BCUT2D eigenvalue weighted by Crippen LogP contribution is 2.36. The van der Waals surface area contributed by atoms with Crippen LogP contribution in [-0.2, 0) is 4.74 Å². The predicted octanol–water partition coefficient (Wildman–Crippen LogP) is 2.97. The summed E-state index contributed by atoms with van der Waals surface area (Å²) < 4.78 is 13.8. The molecular weight excluding hydrogens is 528 g/mol. The number of nitrogens with zero attached hydrogens (tertiary/aromatic N) is 8. The average molecular weight is 571 g/mol. The Morgan fingerprint density at radius 3 is 2.45 bits per heavy atom. The quantitative estimate of drug-likeness (QED) is 0.365. The lowest BCUT2D eigenvalue weighted by Crippen LogP contribution is -2.70. The molecule has 9 heterocycles. The summed E-state index contributed by atoms with van der Waals surface area (Å²) in [6.07, 6.45) is 8.28. The van der Waals surface area contributed by atoms with Crippen molar-refractivity contribution in [3.63, 3.8) is 0 Å². The molecule has 0 aliphatic carbocycles. The molecule has 0 spiro atoms. The molecule has 0 N–H and O–H groups in total. The monoisotopic (exact) mass is 570 g/mol. The molecule has 10 heteroatoms. The van der Waals surface area contributed by atoms with Crippen molar-refractivity contribution in [2.75, 3.05) is 64.9 Å². The number of methoxy groups -OCH3 is 1. The highest BCUT2D eigenvalue weighted by Gasteiger charge is 2.46. The van der Waals surface area contributed by atoms with Crippen LogP contribution in [0.4, 0.5) is 5.82 Å². The Morgan fingerprint density at radius 2 is 1.81 bits per heavy atom. The summed E-state index contributed by atoms with van der Waals surface area (Å²) >= 11 is 0. The van der Waals surface area contributed by atoms with Gasteiger partial charge in [-0.2, -0.15) is 10.4 Å². The molecule has 0 amide bonds. The molecule has 42 heavy (non-hydrogen) atoms. The number of piperidine rings is 2. The van der Waals surface area contributed by atoms with Gasteiger partial charge in [-0.3, -0.25) is 14.7 Å². The summed E-state index contributed by atoms with van der Waals surface area (Å²) in [4.78, 5) is 14.9. The second-order valence-electron chi connectivity index (χ2n) is 12.9. The Bertz CT molecular complexity index is 1440. The number of likely N-dealkylation sites (N-methyl/N-ethyl adjacent to an activating group) is 1. The fraction of sp³-hybridized carbons (Fsp3) is 0.594. The summed E-state index contributed by atoms with van der Waals surface area (Å²) in [5.41, 5.74) is 3.19. The minimum Gasteiger partial charge on any atom is -0.491 e. The Balaban J connectivity index is 1.04. The number of fused-ring (bicyclic) bond motifs is 5. The van der Waals surface area contributed by atoms with Crippen LogP contribution in [0.15, 0.2) is 36.8 Å². The van der Waals surface area contributed by atoms with Crippen LogP contribution >= 0.6 is 0 Å². The number of hydrogen-bond acceptors (Lipinski definition) is 9. The number of anilines is 1. The number of piperazine rings is 2. The first kappa shape index (κ1) is 27.6. The van der Waals surface area contributed by atoms with E-state index in [1.165, 1.54) is 12.8 Å². The number of hydrogen-bond donors (Lipinski definition) is 0. The van der Waals surface area contributed by atoms with Gasteiger partial charge in [0.2, 0.25) is 0 Å². The zero-order valence-corrected chi connectivity index (χ0v) is 25.2. The molecule has 3 aromatic rings. The summed E-state index contributed by atoms with van der Waals surface area (Å²) in [7, 11) is 4.06. The van der Waals surface area contributed by atoms with Crippen LogP contribution in [0.1, 0.15) is 32.3 Å². The normalized spacial score (nSPS) is 26.6. The van der Waals surface area contributed by atoms with E-state index in [1.54, 1.807) is 10.7 Å². The smallest absolute Gasteiger partial charge is 0.138 e. The first-order valence-electron chi connectivity index (χ1n) is 15.4. The number of ether oxygens (including phenoxy) is 2. The van der Waals surface area contributed by atoms with E-state index in [2.05, 4.69) is 63.8 Å². The van der Waals surface area contributed by atoms with Gasteiger partial charge in [0.1, 0.15) is 24.2 Å². The van der Waals surface area contributed by atoms with Gasteiger partial charge >= 0.3 is 0 Å². The minimum absolute atomic E-state index is 0.273. The third kappa shape index (κ3) is 4.92. The van der Waals surface area contributed by atoms with E-state index in [9.17, 15) is 5.26 Å². The summed E-state index contributed by atoms with van der Waals surface area (Å²) in [6, 6.07) is 11.1. The lowest BCUT2D eigenvalue weighted by atomic mass is 9.86. The Kier molecular flexibility index (Phi) is 7.31. The van der Waals surface area contributed by atoms with Gasteiger partial charge in [-0.25, -0.2) is 9.50 Å². The molecule has 6 aliphatic heterocycles. The van der Waals surface area contributed by atoms with Gasteiger partial charge in [-0.15, -0.1) is 0 Å². The van der Waals surface area contributed by atoms with Gasteiger partial charge in [-0.1, -0.05) is 13.8 Å². The number of nitriles is 1. The van der Waals surface area contributed by atoms with Crippen LogP contribution in [0.5, 0.6) is 5.75 Å². The molecule has 3 aromatic heterocycles. The van der Waals surface area contributed by atoms with Gasteiger partial charge in [0.05, 0.1) is 29.6 Å². The Morgan fingerprint density at radius 1 is 1.05 bits per heavy atom. The lowest BCUT2D eigenvalue weighted by Gasteiger charge is -2.57.